The standard InChI is InChI=1S/C21H21NO3/c1-12-9-14(3)17(10-13(12)2)18-19(21(24)20(18)23)22-11-15-5-7-16(25-4)8-6-15/h5-10,22H,11H2,1-4H3. The normalized spacial score (nSPS) is 10.9. The molecular weight excluding hydrogens is 314 g/mol. The molecule has 0 fully saturated rings. The van der Waals surface area contributed by atoms with Crippen molar-refractivity contribution in [3.63, 3.8) is 0 Å². The minimum absolute atomic E-state index is 0.409. The topological polar surface area (TPSA) is 55.4 Å². The van der Waals surface area contributed by atoms with E-state index < -0.39 is 10.9 Å². The van der Waals surface area contributed by atoms with Gasteiger partial charge in [0.2, 0.25) is 10.9 Å². The highest BCUT2D eigenvalue weighted by atomic mass is 16.5. The maximum absolute atomic E-state index is 12.2. The van der Waals surface area contributed by atoms with Crippen molar-refractivity contribution in [3.8, 4) is 16.9 Å². The minimum Gasteiger partial charge on any atom is -0.497 e. The number of benzene rings is 2. The number of hydrogen-bond donors (Lipinski definition) is 1. The molecule has 0 spiro atoms. The van der Waals surface area contributed by atoms with E-state index >= 15 is 0 Å². The van der Waals surface area contributed by atoms with E-state index in [0.29, 0.717) is 17.8 Å². The molecule has 3 aromatic rings. The second kappa shape index (κ2) is 6.55. The van der Waals surface area contributed by atoms with Crippen LogP contribution in [0, 0.1) is 20.8 Å². The van der Waals surface area contributed by atoms with Gasteiger partial charge in [-0.2, -0.15) is 0 Å². The molecule has 3 rings (SSSR count). The van der Waals surface area contributed by atoms with Gasteiger partial charge in [0, 0.05) is 6.54 Å². The summed E-state index contributed by atoms with van der Waals surface area (Å²) >= 11 is 0. The van der Waals surface area contributed by atoms with Gasteiger partial charge >= 0.3 is 0 Å². The Morgan fingerprint density at radius 3 is 2.16 bits per heavy atom. The summed E-state index contributed by atoms with van der Waals surface area (Å²) in [7, 11) is 1.62. The summed E-state index contributed by atoms with van der Waals surface area (Å²) in [6, 6.07) is 11.6. The number of hydrogen-bond acceptors (Lipinski definition) is 4. The van der Waals surface area contributed by atoms with Crippen LogP contribution >= 0.6 is 0 Å². The number of methoxy groups -OCH3 is 1. The van der Waals surface area contributed by atoms with E-state index in [1.807, 2.05) is 51.1 Å². The zero-order valence-corrected chi connectivity index (χ0v) is 14.9. The molecule has 1 N–H and O–H groups in total. The second-order valence-corrected chi connectivity index (χ2v) is 6.36. The lowest BCUT2D eigenvalue weighted by Gasteiger charge is -2.16. The summed E-state index contributed by atoms with van der Waals surface area (Å²) in [4.78, 5) is 24.2. The number of anilines is 1. The number of aryl methyl sites for hydroxylation is 3. The third kappa shape index (κ3) is 3.07. The summed E-state index contributed by atoms with van der Waals surface area (Å²) in [6.45, 7) is 6.49. The van der Waals surface area contributed by atoms with Crippen molar-refractivity contribution in [1.82, 2.24) is 0 Å². The smallest absolute Gasteiger partial charge is 0.250 e. The molecule has 4 nitrogen and oxygen atoms in total. The molecule has 128 valence electrons. The number of rotatable bonds is 5. The number of ether oxygens (including phenoxy) is 1. The monoisotopic (exact) mass is 335 g/mol. The molecule has 0 aliphatic rings. The van der Waals surface area contributed by atoms with Crippen molar-refractivity contribution in [2.24, 2.45) is 0 Å². The first-order chi connectivity index (χ1) is 11.9. The predicted molar refractivity (Wildman–Crippen MR) is 101 cm³/mol. The molecule has 0 unspecified atom stereocenters. The van der Waals surface area contributed by atoms with E-state index in [2.05, 4.69) is 11.4 Å². The molecule has 4 heteroatoms. The average molecular weight is 335 g/mol. The van der Waals surface area contributed by atoms with Crippen LogP contribution in [0.25, 0.3) is 11.1 Å². The Morgan fingerprint density at radius 1 is 0.880 bits per heavy atom. The van der Waals surface area contributed by atoms with E-state index in [1.54, 1.807) is 7.11 Å². The van der Waals surface area contributed by atoms with Crippen molar-refractivity contribution in [3.05, 3.63) is 79.1 Å². The van der Waals surface area contributed by atoms with Crippen molar-refractivity contribution in [2.75, 3.05) is 12.4 Å². The second-order valence-electron chi connectivity index (χ2n) is 6.36. The molecule has 0 radical (unpaired) electrons. The molecule has 3 aromatic carbocycles. The van der Waals surface area contributed by atoms with Crippen LogP contribution in [0.15, 0.2) is 46.0 Å². The van der Waals surface area contributed by atoms with E-state index in [9.17, 15) is 9.59 Å². The zero-order valence-electron chi connectivity index (χ0n) is 14.9. The molecule has 0 heterocycles. The van der Waals surface area contributed by atoms with Gasteiger partial charge in [-0.05, 0) is 60.7 Å². The van der Waals surface area contributed by atoms with Gasteiger partial charge in [0.25, 0.3) is 0 Å². The van der Waals surface area contributed by atoms with Crippen molar-refractivity contribution < 1.29 is 4.74 Å². The molecule has 0 saturated carbocycles. The molecule has 0 aromatic heterocycles. The minimum atomic E-state index is -0.443. The van der Waals surface area contributed by atoms with Gasteiger partial charge in [0.15, 0.2) is 0 Å². The van der Waals surface area contributed by atoms with Crippen LogP contribution in [-0.4, -0.2) is 7.11 Å². The largest absolute Gasteiger partial charge is 0.497 e. The first-order valence-corrected chi connectivity index (χ1v) is 8.20. The predicted octanol–water partition coefficient (Wildman–Crippen LogP) is 3.50. The number of nitrogens with one attached hydrogen (secondary N) is 1. The Balaban J connectivity index is 1.89. The SMILES string of the molecule is COc1ccc(CNc2c(-c3cc(C)c(C)cc3C)c(=O)c2=O)cc1. The molecule has 0 aliphatic heterocycles. The van der Waals surface area contributed by atoms with Gasteiger partial charge in [0.05, 0.1) is 18.4 Å². The lowest BCUT2D eigenvalue weighted by atomic mass is 9.91. The highest BCUT2D eigenvalue weighted by Crippen LogP contribution is 2.29. The van der Waals surface area contributed by atoms with E-state index in [1.165, 1.54) is 5.56 Å². The quantitative estimate of drug-likeness (QED) is 0.725. The van der Waals surface area contributed by atoms with Crippen LogP contribution < -0.4 is 20.9 Å². The maximum Gasteiger partial charge on any atom is 0.250 e. The summed E-state index contributed by atoms with van der Waals surface area (Å²) < 4.78 is 5.14. The highest BCUT2D eigenvalue weighted by Gasteiger charge is 2.23. The van der Waals surface area contributed by atoms with Crippen molar-refractivity contribution in [1.29, 1.82) is 0 Å². The Labute approximate surface area is 146 Å². The van der Waals surface area contributed by atoms with Crippen LogP contribution in [0.5, 0.6) is 5.75 Å². The van der Waals surface area contributed by atoms with Gasteiger partial charge in [0.1, 0.15) is 5.75 Å². The van der Waals surface area contributed by atoms with Gasteiger partial charge in [-0.3, -0.25) is 9.59 Å². The third-order valence-electron chi connectivity index (χ3n) is 4.65. The summed E-state index contributed by atoms with van der Waals surface area (Å²) in [5.41, 5.74) is 5.18. The Morgan fingerprint density at radius 2 is 1.52 bits per heavy atom. The Kier molecular flexibility index (Phi) is 4.45. The highest BCUT2D eigenvalue weighted by molar-refractivity contribution is 5.84. The molecule has 0 atom stereocenters. The van der Waals surface area contributed by atoms with Crippen LogP contribution in [0.2, 0.25) is 0 Å². The third-order valence-corrected chi connectivity index (χ3v) is 4.65. The fraction of sp³-hybridized carbons (Fsp3) is 0.238. The summed E-state index contributed by atoms with van der Waals surface area (Å²) in [5, 5.41) is 3.13. The lowest BCUT2D eigenvalue weighted by molar-refractivity contribution is 0.414. The van der Waals surface area contributed by atoms with Crippen LogP contribution in [0.4, 0.5) is 5.69 Å². The van der Waals surface area contributed by atoms with Gasteiger partial charge in [-0.15, -0.1) is 0 Å². The van der Waals surface area contributed by atoms with E-state index in [4.69, 9.17) is 4.74 Å². The molecular formula is C21H21NO3. The molecule has 0 bridgehead atoms. The van der Waals surface area contributed by atoms with Gasteiger partial charge in [-0.25, -0.2) is 0 Å². The molecule has 0 aliphatic carbocycles. The summed E-state index contributed by atoms with van der Waals surface area (Å²) in [5.74, 6) is 0.782. The average Bonchev–Trinajstić information content (AvgIpc) is 2.62. The first-order valence-electron chi connectivity index (χ1n) is 8.20. The summed E-state index contributed by atoms with van der Waals surface area (Å²) in [6.07, 6.45) is 0. The van der Waals surface area contributed by atoms with Crippen LogP contribution in [0.1, 0.15) is 22.3 Å². The Hall–Kier alpha value is -2.88. The first kappa shape index (κ1) is 17.0. The molecule has 0 saturated heterocycles. The van der Waals surface area contributed by atoms with Gasteiger partial charge < -0.3 is 10.1 Å². The zero-order chi connectivity index (χ0) is 18.1. The van der Waals surface area contributed by atoms with Crippen LogP contribution in [0.3, 0.4) is 0 Å². The maximum atomic E-state index is 12.2. The van der Waals surface area contributed by atoms with Crippen molar-refractivity contribution in [2.45, 2.75) is 27.3 Å². The molecule has 0 amide bonds. The van der Waals surface area contributed by atoms with Crippen molar-refractivity contribution >= 4 is 5.69 Å². The van der Waals surface area contributed by atoms with E-state index in [-0.39, 0.29) is 0 Å². The van der Waals surface area contributed by atoms with Gasteiger partial charge in [-0.1, -0.05) is 24.3 Å². The lowest BCUT2D eigenvalue weighted by Crippen LogP contribution is -2.36. The molecule has 25 heavy (non-hydrogen) atoms. The fourth-order valence-electron chi connectivity index (χ4n) is 2.98. The fourth-order valence-corrected chi connectivity index (χ4v) is 2.98. The van der Waals surface area contributed by atoms with Crippen LogP contribution in [-0.2, 0) is 6.54 Å². The van der Waals surface area contributed by atoms with E-state index in [0.717, 1.165) is 28.0 Å². The Bertz CT molecular complexity index is 993.